The summed E-state index contributed by atoms with van der Waals surface area (Å²) in [7, 11) is 1.38. The van der Waals surface area contributed by atoms with Crippen molar-refractivity contribution in [2.75, 3.05) is 7.11 Å². The van der Waals surface area contributed by atoms with E-state index in [-0.39, 0.29) is 11.3 Å². The zero-order chi connectivity index (χ0) is 15.2. The first kappa shape index (κ1) is 14.5. The second-order valence-electron chi connectivity index (χ2n) is 4.25. The van der Waals surface area contributed by atoms with Gasteiger partial charge in [-0.25, -0.2) is 4.39 Å². The lowest BCUT2D eigenvalue weighted by molar-refractivity contribution is 0.104. The highest BCUT2D eigenvalue weighted by Gasteiger charge is 2.14. The third-order valence-electron chi connectivity index (χ3n) is 2.91. The van der Waals surface area contributed by atoms with Gasteiger partial charge in [-0.05, 0) is 35.9 Å². The summed E-state index contributed by atoms with van der Waals surface area (Å²) < 4.78 is 18.7. The summed E-state index contributed by atoms with van der Waals surface area (Å²) in [5, 5.41) is 8.71. The molecule has 0 aromatic heterocycles. The van der Waals surface area contributed by atoms with Crippen LogP contribution < -0.4 is 4.74 Å². The minimum atomic E-state index is -0.621. The van der Waals surface area contributed by atoms with Crippen molar-refractivity contribution >= 4 is 11.9 Å². The second kappa shape index (κ2) is 6.49. The second-order valence-corrected chi connectivity index (χ2v) is 4.25. The Kier molecular flexibility index (Phi) is 4.47. The smallest absolute Gasteiger partial charge is 0.192 e. The van der Waals surface area contributed by atoms with E-state index in [1.807, 2.05) is 6.07 Å². The molecule has 2 aromatic rings. The molecule has 21 heavy (non-hydrogen) atoms. The van der Waals surface area contributed by atoms with Gasteiger partial charge in [-0.3, -0.25) is 4.79 Å². The topological polar surface area (TPSA) is 50.1 Å². The van der Waals surface area contributed by atoms with E-state index in [1.54, 1.807) is 30.3 Å². The van der Waals surface area contributed by atoms with Crippen molar-refractivity contribution in [3.8, 4) is 11.8 Å². The van der Waals surface area contributed by atoms with Gasteiger partial charge in [-0.2, -0.15) is 5.26 Å². The van der Waals surface area contributed by atoms with Crippen LogP contribution in [-0.4, -0.2) is 12.9 Å². The molecule has 0 aliphatic heterocycles. The van der Waals surface area contributed by atoms with Gasteiger partial charge in [0.15, 0.2) is 5.78 Å². The van der Waals surface area contributed by atoms with Crippen molar-refractivity contribution in [2.45, 2.75) is 0 Å². The zero-order valence-electron chi connectivity index (χ0n) is 11.3. The monoisotopic (exact) mass is 281 g/mol. The molecule has 0 aliphatic carbocycles. The zero-order valence-corrected chi connectivity index (χ0v) is 11.3. The molecule has 4 heteroatoms. The Balaban J connectivity index is 2.25. The van der Waals surface area contributed by atoms with E-state index in [1.165, 1.54) is 31.4 Å². The fourth-order valence-electron chi connectivity index (χ4n) is 1.84. The Morgan fingerprint density at radius 2 is 1.95 bits per heavy atom. The summed E-state index contributed by atoms with van der Waals surface area (Å²) in [4.78, 5) is 12.1. The summed E-state index contributed by atoms with van der Waals surface area (Å²) in [5.74, 6) is -0.900. The SMILES string of the molecule is COc1cccc(F)c1C(=O)/C=C/c1ccc(C#N)cc1. The molecule has 0 spiro atoms. The van der Waals surface area contributed by atoms with E-state index < -0.39 is 11.6 Å². The minimum Gasteiger partial charge on any atom is -0.496 e. The fraction of sp³-hybridized carbons (Fsp3) is 0.0588. The lowest BCUT2D eigenvalue weighted by atomic mass is 10.1. The lowest BCUT2D eigenvalue weighted by Gasteiger charge is -2.06. The highest BCUT2D eigenvalue weighted by Crippen LogP contribution is 2.22. The molecule has 0 aliphatic rings. The van der Waals surface area contributed by atoms with E-state index in [2.05, 4.69) is 0 Å². The molecule has 2 rings (SSSR count). The molecule has 0 N–H and O–H groups in total. The summed E-state index contributed by atoms with van der Waals surface area (Å²) in [6, 6.07) is 13.0. The van der Waals surface area contributed by atoms with E-state index in [0.29, 0.717) is 5.56 Å². The number of nitrogens with zero attached hydrogens (tertiary/aromatic N) is 1. The van der Waals surface area contributed by atoms with Gasteiger partial charge in [0.05, 0.1) is 24.3 Å². The maximum absolute atomic E-state index is 13.7. The largest absolute Gasteiger partial charge is 0.496 e. The van der Waals surface area contributed by atoms with Crippen molar-refractivity contribution < 1.29 is 13.9 Å². The molecule has 0 saturated heterocycles. The molecule has 0 unspecified atom stereocenters. The van der Waals surface area contributed by atoms with Gasteiger partial charge in [0, 0.05) is 0 Å². The van der Waals surface area contributed by atoms with Crippen molar-refractivity contribution in [3.63, 3.8) is 0 Å². The first-order chi connectivity index (χ1) is 10.2. The Morgan fingerprint density at radius 1 is 1.24 bits per heavy atom. The van der Waals surface area contributed by atoms with Crippen LogP contribution >= 0.6 is 0 Å². The molecule has 104 valence electrons. The Hall–Kier alpha value is -2.93. The first-order valence-electron chi connectivity index (χ1n) is 6.21. The molecular formula is C17H12FNO2. The van der Waals surface area contributed by atoms with Crippen LogP contribution in [0.15, 0.2) is 48.5 Å². The van der Waals surface area contributed by atoms with E-state index in [4.69, 9.17) is 10.00 Å². The van der Waals surface area contributed by atoms with Crippen molar-refractivity contribution in [3.05, 3.63) is 71.0 Å². The molecule has 0 bridgehead atoms. The van der Waals surface area contributed by atoms with Crippen LogP contribution in [0, 0.1) is 17.1 Å². The number of ether oxygens (including phenoxy) is 1. The molecular weight excluding hydrogens is 269 g/mol. The first-order valence-corrected chi connectivity index (χ1v) is 6.21. The number of rotatable bonds is 4. The highest BCUT2D eigenvalue weighted by molar-refractivity contribution is 6.08. The van der Waals surface area contributed by atoms with Crippen LogP contribution in [-0.2, 0) is 0 Å². The van der Waals surface area contributed by atoms with Gasteiger partial charge >= 0.3 is 0 Å². The Labute approximate surface area is 121 Å². The predicted octanol–water partition coefficient (Wildman–Crippen LogP) is 3.60. The average molecular weight is 281 g/mol. The number of halogens is 1. The fourth-order valence-corrected chi connectivity index (χ4v) is 1.84. The van der Waals surface area contributed by atoms with Gasteiger partial charge < -0.3 is 4.74 Å². The molecule has 2 aromatic carbocycles. The summed E-state index contributed by atoms with van der Waals surface area (Å²) in [6.07, 6.45) is 2.84. The molecule has 0 radical (unpaired) electrons. The summed E-state index contributed by atoms with van der Waals surface area (Å²) >= 11 is 0. The van der Waals surface area contributed by atoms with E-state index in [9.17, 15) is 9.18 Å². The molecule has 0 fully saturated rings. The normalized spacial score (nSPS) is 10.3. The number of allylic oxidation sites excluding steroid dienone is 1. The number of ketones is 1. The quantitative estimate of drug-likeness (QED) is 0.635. The van der Waals surface area contributed by atoms with Gasteiger partial charge in [-0.15, -0.1) is 0 Å². The number of hydrogen-bond acceptors (Lipinski definition) is 3. The number of methoxy groups -OCH3 is 1. The van der Waals surface area contributed by atoms with Crippen LogP contribution in [0.4, 0.5) is 4.39 Å². The van der Waals surface area contributed by atoms with Crippen molar-refractivity contribution in [1.82, 2.24) is 0 Å². The van der Waals surface area contributed by atoms with E-state index >= 15 is 0 Å². The minimum absolute atomic E-state index is 0.0927. The van der Waals surface area contributed by atoms with Gasteiger partial charge in [-0.1, -0.05) is 24.3 Å². The molecule has 0 atom stereocenters. The van der Waals surface area contributed by atoms with Gasteiger partial charge in [0.2, 0.25) is 0 Å². The van der Waals surface area contributed by atoms with Crippen LogP contribution in [0.2, 0.25) is 0 Å². The Morgan fingerprint density at radius 3 is 2.57 bits per heavy atom. The van der Waals surface area contributed by atoms with Crippen molar-refractivity contribution in [2.24, 2.45) is 0 Å². The number of carbonyl (C=O) groups is 1. The molecule has 3 nitrogen and oxygen atoms in total. The Bertz CT molecular complexity index is 727. The number of hydrogen-bond donors (Lipinski definition) is 0. The van der Waals surface area contributed by atoms with Crippen LogP contribution in [0.25, 0.3) is 6.08 Å². The van der Waals surface area contributed by atoms with Crippen molar-refractivity contribution in [1.29, 1.82) is 5.26 Å². The van der Waals surface area contributed by atoms with Crippen LogP contribution in [0.1, 0.15) is 21.5 Å². The maximum atomic E-state index is 13.7. The van der Waals surface area contributed by atoms with Gasteiger partial charge in [0.1, 0.15) is 11.6 Å². The molecule has 0 saturated carbocycles. The third kappa shape index (κ3) is 3.34. The highest BCUT2D eigenvalue weighted by atomic mass is 19.1. The summed E-state index contributed by atoms with van der Waals surface area (Å²) in [6.45, 7) is 0. The summed E-state index contributed by atoms with van der Waals surface area (Å²) in [5.41, 5.74) is 1.19. The molecule has 0 heterocycles. The number of nitriles is 1. The molecule has 0 amide bonds. The average Bonchev–Trinajstić information content (AvgIpc) is 2.52. The maximum Gasteiger partial charge on any atom is 0.192 e. The number of carbonyl (C=O) groups excluding carboxylic acids is 1. The van der Waals surface area contributed by atoms with Crippen LogP contribution in [0.3, 0.4) is 0 Å². The number of benzene rings is 2. The standard InChI is InChI=1S/C17H12FNO2/c1-21-16-4-2-3-14(18)17(16)15(20)10-9-12-5-7-13(11-19)8-6-12/h2-10H,1H3/b10-9+. The van der Waals surface area contributed by atoms with E-state index in [0.717, 1.165) is 5.56 Å². The third-order valence-corrected chi connectivity index (χ3v) is 2.91. The predicted molar refractivity (Wildman–Crippen MR) is 77.5 cm³/mol. The van der Waals surface area contributed by atoms with Crippen LogP contribution in [0.5, 0.6) is 5.75 Å². The van der Waals surface area contributed by atoms with Gasteiger partial charge in [0.25, 0.3) is 0 Å². The lowest BCUT2D eigenvalue weighted by Crippen LogP contribution is -2.02.